The van der Waals surface area contributed by atoms with E-state index in [0.717, 1.165) is 5.56 Å². The Kier molecular flexibility index (Phi) is 3.74. The predicted molar refractivity (Wildman–Crippen MR) is 46.7 cm³/mol. The topological polar surface area (TPSA) is 20.2 Å². The molecule has 0 fully saturated rings. The molecular weight excluding hydrogens is 155 g/mol. The molecule has 1 rings (SSSR count). The smallest absolute Gasteiger partial charge is 0.123 e. The van der Waals surface area contributed by atoms with Gasteiger partial charge in [-0.15, -0.1) is 0 Å². The molecule has 0 saturated heterocycles. The van der Waals surface area contributed by atoms with Gasteiger partial charge in [0.15, 0.2) is 0 Å². The van der Waals surface area contributed by atoms with Crippen molar-refractivity contribution in [3.05, 3.63) is 35.9 Å². The predicted octanol–water partition coefficient (Wildman–Crippen LogP) is 1.95. The van der Waals surface area contributed by atoms with E-state index in [1.54, 1.807) is 0 Å². The lowest BCUT2D eigenvalue weighted by Gasteiger charge is -2.03. The third-order valence-corrected chi connectivity index (χ3v) is 1.79. The van der Waals surface area contributed by atoms with E-state index in [4.69, 9.17) is 5.11 Å². The number of hydrogen-bond acceptors (Lipinski definition) is 1. The molecule has 0 unspecified atom stereocenters. The Morgan fingerprint density at radius 1 is 1.25 bits per heavy atom. The molecule has 0 saturated carbocycles. The van der Waals surface area contributed by atoms with E-state index in [0.29, 0.717) is 12.8 Å². The Morgan fingerprint density at radius 2 is 1.92 bits per heavy atom. The van der Waals surface area contributed by atoms with Crippen molar-refractivity contribution in [3.63, 3.8) is 0 Å². The van der Waals surface area contributed by atoms with E-state index in [2.05, 4.69) is 0 Å². The number of hydrogen-bond donors (Lipinski definition) is 1. The van der Waals surface area contributed by atoms with Crippen LogP contribution in [0.1, 0.15) is 12.0 Å². The molecule has 0 heterocycles. The van der Waals surface area contributed by atoms with E-state index >= 15 is 0 Å². The Bertz CT molecular complexity index is 210. The van der Waals surface area contributed by atoms with E-state index in [9.17, 15) is 4.39 Å². The van der Waals surface area contributed by atoms with Gasteiger partial charge in [-0.3, -0.25) is 0 Å². The molecule has 0 bridgehead atoms. The van der Waals surface area contributed by atoms with Gasteiger partial charge in [-0.1, -0.05) is 30.3 Å². The molecule has 0 aliphatic carbocycles. The van der Waals surface area contributed by atoms with E-state index in [1.165, 1.54) is 0 Å². The second kappa shape index (κ2) is 4.88. The number of rotatable bonds is 4. The average Bonchev–Trinajstić information content (AvgIpc) is 2.16. The first kappa shape index (κ1) is 9.20. The highest BCUT2D eigenvalue weighted by Crippen LogP contribution is 2.06. The fraction of sp³-hybridized carbons (Fsp3) is 0.400. The first-order valence-electron chi connectivity index (χ1n) is 4.12. The molecule has 0 aromatic heterocycles. The van der Waals surface area contributed by atoms with Gasteiger partial charge in [0.2, 0.25) is 0 Å². The van der Waals surface area contributed by atoms with Crippen molar-refractivity contribution in [1.82, 2.24) is 0 Å². The van der Waals surface area contributed by atoms with Gasteiger partial charge < -0.3 is 5.11 Å². The molecule has 1 aromatic rings. The summed E-state index contributed by atoms with van der Waals surface area (Å²) in [5, 5.41) is 8.44. The third kappa shape index (κ3) is 3.01. The largest absolute Gasteiger partial charge is 0.393 e. The summed E-state index contributed by atoms with van der Waals surface area (Å²) in [5.74, 6) is 0. The molecule has 12 heavy (non-hydrogen) atoms. The summed E-state index contributed by atoms with van der Waals surface area (Å²) in [6.45, 7) is -0.368. The summed E-state index contributed by atoms with van der Waals surface area (Å²) in [6, 6.07) is 9.72. The number of aliphatic hydroxyl groups excluding tert-OH is 1. The highest BCUT2D eigenvalue weighted by atomic mass is 19.1. The molecule has 0 aliphatic heterocycles. The molecule has 66 valence electrons. The van der Waals surface area contributed by atoms with Gasteiger partial charge in [0.25, 0.3) is 0 Å². The zero-order valence-electron chi connectivity index (χ0n) is 6.91. The van der Waals surface area contributed by atoms with Crippen molar-refractivity contribution in [2.24, 2.45) is 0 Å². The Balaban J connectivity index is 2.33. The molecular formula is C10H13FO. The van der Waals surface area contributed by atoms with Crippen molar-refractivity contribution >= 4 is 0 Å². The lowest BCUT2D eigenvalue weighted by atomic mass is 10.1. The van der Waals surface area contributed by atoms with Crippen LogP contribution in [0.4, 0.5) is 4.39 Å². The number of halogens is 1. The summed E-state index contributed by atoms with van der Waals surface area (Å²) in [5.41, 5.74) is 1.12. The van der Waals surface area contributed by atoms with Crippen molar-refractivity contribution < 1.29 is 9.50 Å². The van der Waals surface area contributed by atoms with Crippen molar-refractivity contribution in [1.29, 1.82) is 0 Å². The van der Waals surface area contributed by atoms with Crippen molar-refractivity contribution in [3.8, 4) is 0 Å². The van der Waals surface area contributed by atoms with Crippen LogP contribution < -0.4 is 0 Å². The molecule has 0 aliphatic rings. The summed E-state index contributed by atoms with van der Waals surface area (Å²) >= 11 is 0. The first-order chi connectivity index (χ1) is 5.83. The highest BCUT2D eigenvalue weighted by Gasteiger charge is 2.03. The highest BCUT2D eigenvalue weighted by molar-refractivity contribution is 5.14. The maximum absolute atomic E-state index is 12.6. The van der Waals surface area contributed by atoms with Gasteiger partial charge in [0.1, 0.15) is 6.17 Å². The van der Waals surface area contributed by atoms with Gasteiger partial charge in [-0.25, -0.2) is 4.39 Å². The molecule has 1 atom stereocenters. The Labute approximate surface area is 71.9 Å². The van der Waals surface area contributed by atoms with Gasteiger partial charge in [0, 0.05) is 0 Å². The van der Waals surface area contributed by atoms with E-state index in [-0.39, 0.29) is 6.61 Å². The van der Waals surface area contributed by atoms with Crippen LogP contribution in [0.5, 0.6) is 0 Å². The zero-order valence-corrected chi connectivity index (χ0v) is 6.91. The molecule has 0 amide bonds. The van der Waals surface area contributed by atoms with Gasteiger partial charge in [0.05, 0.1) is 6.61 Å². The molecule has 0 spiro atoms. The lowest BCUT2D eigenvalue weighted by molar-refractivity contribution is 0.170. The third-order valence-electron chi connectivity index (χ3n) is 1.79. The van der Waals surface area contributed by atoms with Crippen LogP contribution in [0.15, 0.2) is 30.3 Å². The quantitative estimate of drug-likeness (QED) is 0.728. The maximum Gasteiger partial charge on any atom is 0.123 e. The number of benzene rings is 1. The van der Waals surface area contributed by atoms with Gasteiger partial charge in [-0.05, 0) is 18.4 Å². The standard InChI is InChI=1S/C10H13FO/c11-10(8-12)7-6-9-4-2-1-3-5-9/h1-5,10,12H,6-8H2/t10-/m1/s1. The van der Waals surface area contributed by atoms with Crippen LogP contribution in [0.3, 0.4) is 0 Å². The zero-order chi connectivity index (χ0) is 8.81. The summed E-state index contributed by atoms with van der Waals surface area (Å²) < 4.78 is 12.6. The van der Waals surface area contributed by atoms with Crippen LogP contribution in [-0.2, 0) is 6.42 Å². The van der Waals surface area contributed by atoms with Crippen molar-refractivity contribution in [2.75, 3.05) is 6.61 Å². The second-order valence-electron chi connectivity index (χ2n) is 2.80. The molecule has 1 N–H and O–H groups in total. The van der Waals surface area contributed by atoms with Crippen LogP contribution >= 0.6 is 0 Å². The average molecular weight is 168 g/mol. The van der Waals surface area contributed by atoms with Crippen LogP contribution in [0.2, 0.25) is 0 Å². The fourth-order valence-electron chi connectivity index (χ4n) is 1.06. The first-order valence-corrected chi connectivity index (χ1v) is 4.12. The molecule has 0 radical (unpaired) electrons. The number of aryl methyl sites for hydroxylation is 1. The van der Waals surface area contributed by atoms with Gasteiger partial charge in [-0.2, -0.15) is 0 Å². The molecule has 1 nitrogen and oxygen atoms in total. The second-order valence-corrected chi connectivity index (χ2v) is 2.80. The minimum atomic E-state index is -1.08. The van der Waals surface area contributed by atoms with Crippen LogP contribution in [0, 0.1) is 0 Å². The Morgan fingerprint density at radius 3 is 2.50 bits per heavy atom. The summed E-state index contributed by atoms with van der Waals surface area (Å²) in [7, 11) is 0. The molecule has 2 heteroatoms. The van der Waals surface area contributed by atoms with Gasteiger partial charge >= 0.3 is 0 Å². The van der Waals surface area contributed by atoms with Crippen molar-refractivity contribution in [2.45, 2.75) is 19.0 Å². The van der Waals surface area contributed by atoms with Crippen LogP contribution in [0.25, 0.3) is 0 Å². The summed E-state index contributed by atoms with van der Waals surface area (Å²) in [4.78, 5) is 0. The number of aliphatic hydroxyl groups is 1. The number of alkyl halides is 1. The summed E-state index contributed by atoms with van der Waals surface area (Å²) in [6.07, 6.45) is 0.0218. The normalized spacial score (nSPS) is 12.8. The Hall–Kier alpha value is -0.890. The minimum absolute atomic E-state index is 0.368. The monoisotopic (exact) mass is 168 g/mol. The fourth-order valence-corrected chi connectivity index (χ4v) is 1.06. The van der Waals surface area contributed by atoms with E-state index in [1.807, 2.05) is 30.3 Å². The lowest BCUT2D eigenvalue weighted by Crippen LogP contribution is -2.06. The van der Waals surface area contributed by atoms with E-state index < -0.39 is 6.17 Å². The SMILES string of the molecule is OC[C@H](F)CCc1ccccc1. The minimum Gasteiger partial charge on any atom is -0.393 e. The van der Waals surface area contributed by atoms with Crippen LogP contribution in [-0.4, -0.2) is 17.9 Å². The maximum atomic E-state index is 12.6. The molecule has 1 aromatic carbocycles.